The Morgan fingerprint density at radius 2 is 1.64 bits per heavy atom. The smallest absolute Gasteiger partial charge is 0.316 e. The number of nitrogens with one attached hydrogen (secondary N) is 2. The second-order valence-electron chi connectivity index (χ2n) is 6.50. The van der Waals surface area contributed by atoms with Crippen LogP contribution in [0.4, 0.5) is 10.5 Å². The summed E-state index contributed by atoms with van der Waals surface area (Å²) in [7, 11) is 0. The minimum absolute atomic E-state index is 0.184. The molecule has 142 valence electrons. The first-order valence-corrected chi connectivity index (χ1v) is 8.94. The van der Waals surface area contributed by atoms with Gasteiger partial charge in [-0.2, -0.15) is 0 Å². The summed E-state index contributed by atoms with van der Waals surface area (Å²) in [5.74, 6) is -0.184. The molecular formula is C22H22N4O2. The number of carbonyl (C=O) groups is 2. The fourth-order valence-electron chi connectivity index (χ4n) is 2.93. The third-order valence-electron chi connectivity index (χ3n) is 4.43. The molecule has 0 bridgehead atoms. The largest absolute Gasteiger partial charge is 0.351 e. The maximum Gasteiger partial charge on any atom is 0.316 e. The molecule has 0 radical (unpaired) electrons. The van der Waals surface area contributed by atoms with Gasteiger partial charge in [-0.1, -0.05) is 42.5 Å². The second-order valence-corrected chi connectivity index (χ2v) is 6.50. The number of pyridine rings is 1. The van der Waals surface area contributed by atoms with Crippen molar-refractivity contribution in [2.24, 2.45) is 5.73 Å². The van der Waals surface area contributed by atoms with Crippen LogP contribution in [0.15, 0.2) is 66.7 Å². The summed E-state index contributed by atoms with van der Waals surface area (Å²) >= 11 is 0. The zero-order valence-electron chi connectivity index (χ0n) is 15.8. The van der Waals surface area contributed by atoms with Gasteiger partial charge in [0.25, 0.3) is 5.91 Å². The molecule has 1 aromatic heterocycles. The third-order valence-corrected chi connectivity index (χ3v) is 4.43. The number of primary amides is 1. The molecule has 1 heterocycles. The molecular weight excluding hydrogens is 352 g/mol. The van der Waals surface area contributed by atoms with E-state index in [1.807, 2.05) is 62.4 Å². The Labute approximate surface area is 163 Å². The molecule has 3 aromatic rings. The molecule has 0 fully saturated rings. The van der Waals surface area contributed by atoms with Crippen molar-refractivity contribution < 1.29 is 9.59 Å². The average molecular weight is 374 g/mol. The van der Waals surface area contributed by atoms with Crippen LogP contribution in [-0.2, 0) is 0 Å². The number of anilines is 1. The van der Waals surface area contributed by atoms with Gasteiger partial charge in [0.2, 0.25) is 0 Å². The summed E-state index contributed by atoms with van der Waals surface area (Å²) in [4.78, 5) is 28.1. The first-order chi connectivity index (χ1) is 13.4. The molecule has 4 N–H and O–H groups in total. The van der Waals surface area contributed by atoms with Crippen LogP contribution >= 0.6 is 0 Å². The molecule has 0 saturated carbocycles. The van der Waals surface area contributed by atoms with Gasteiger partial charge in [0.05, 0.1) is 23.0 Å². The van der Waals surface area contributed by atoms with E-state index in [0.717, 1.165) is 16.8 Å². The highest BCUT2D eigenvalue weighted by Crippen LogP contribution is 2.20. The van der Waals surface area contributed by atoms with Crippen molar-refractivity contribution >= 4 is 17.6 Å². The fourth-order valence-corrected chi connectivity index (χ4v) is 2.93. The summed E-state index contributed by atoms with van der Waals surface area (Å²) < 4.78 is 0. The van der Waals surface area contributed by atoms with Crippen LogP contribution in [0.5, 0.6) is 0 Å². The van der Waals surface area contributed by atoms with Crippen molar-refractivity contribution in [2.75, 3.05) is 5.32 Å². The average Bonchev–Trinajstić information content (AvgIpc) is 2.68. The van der Waals surface area contributed by atoms with Crippen LogP contribution in [0.1, 0.15) is 34.6 Å². The molecule has 0 aliphatic heterocycles. The van der Waals surface area contributed by atoms with Crippen molar-refractivity contribution in [1.82, 2.24) is 10.3 Å². The number of aromatic nitrogens is 1. The van der Waals surface area contributed by atoms with E-state index in [-0.39, 0.29) is 11.9 Å². The Morgan fingerprint density at radius 1 is 0.964 bits per heavy atom. The first-order valence-electron chi connectivity index (χ1n) is 8.94. The van der Waals surface area contributed by atoms with Gasteiger partial charge >= 0.3 is 6.03 Å². The number of hydrogen-bond donors (Lipinski definition) is 3. The minimum Gasteiger partial charge on any atom is -0.351 e. The van der Waals surface area contributed by atoms with Crippen LogP contribution in [0, 0.1) is 6.92 Å². The number of carbonyl (C=O) groups excluding carboxylic acids is 2. The number of nitrogens with zero attached hydrogens (tertiary/aromatic N) is 1. The van der Waals surface area contributed by atoms with Gasteiger partial charge in [-0.25, -0.2) is 4.79 Å². The maximum absolute atomic E-state index is 12.7. The van der Waals surface area contributed by atoms with Crippen molar-refractivity contribution in [3.63, 3.8) is 0 Å². The van der Waals surface area contributed by atoms with E-state index in [1.54, 1.807) is 18.2 Å². The summed E-state index contributed by atoms with van der Waals surface area (Å²) in [5, 5.41) is 5.49. The third kappa shape index (κ3) is 4.54. The standard InChI is InChI=1S/C22H22N4O2/c1-14(16-8-10-18(11-9-16)26-22(23)28)25-21(27)19-12-13-20(24-15(19)2)17-6-4-3-5-7-17/h3-14H,1-2H3,(H,25,27)(H3,23,26,28). The number of amides is 3. The molecule has 1 atom stereocenters. The molecule has 6 nitrogen and oxygen atoms in total. The monoisotopic (exact) mass is 374 g/mol. The molecule has 28 heavy (non-hydrogen) atoms. The molecule has 1 unspecified atom stereocenters. The molecule has 3 rings (SSSR count). The van der Waals surface area contributed by atoms with E-state index in [4.69, 9.17) is 5.73 Å². The molecule has 0 saturated heterocycles. The van der Waals surface area contributed by atoms with Gasteiger partial charge in [-0.05, 0) is 43.7 Å². The fraction of sp³-hybridized carbons (Fsp3) is 0.136. The highest BCUT2D eigenvalue weighted by Gasteiger charge is 2.15. The van der Waals surface area contributed by atoms with Crippen LogP contribution < -0.4 is 16.4 Å². The predicted molar refractivity (Wildman–Crippen MR) is 110 cm³/mol. The SMILES string of the molecule is Cc1nc(-c2ccccc2)ccc1C(=O)NC(C)c1ccc(NC(N)=O)cc1. The van der Waals surface area contributed by atoms with Crippen LogP contribution in [0.25, 0.3) is 11.3 Å². The maximum atomic E-state index is 12.7. The number of benzene rings is 2. The first kappa shape index (κ1) is 19.1. The van der Waals surface area contributed by atoms with E-state index >= 15 is 0 Å². The van der Waals surface area contributed by atoms with Crippen molar-refractivity contribution in [3.8, 4) is 11.3 Å². The zero-order valence-corrected chi connectivity index (χ0v) is 15.8. The highest BCUT2D eigenvalue weighted by atomic mass is 16.2. The Balaban J connectivity index is 1.71. The quantitative estimate of drug-likeness (QED) is 0.629. The lowest BCUT2D eigenvalue weighted by Gasteiger charge is -2.16. The van der Waals surface area contributed by atoms with E-state index in [2.05, 4.69) is 15.6 Å². The van der Waals surface area contributed by atoms with Gasteiger partial charge < -0.3 is 16.4 Å². The highest BCUT2D eigenvalue weighted by molar-refractivity contribution is 5.95. The van der Waals surface area contributed by atoms with E-state index < -0.39 is 6.03 Å². The molecule has 0 aliphatic rings. The lowest BCUT2D eigenvalue weighted by atomic mass is 10.1. The van der Waals surface area contributed by atoms with Crippen LogP contribution in [0.3, 0.4) is 0 Å². The second kappa shape index (κ2) is 8.35. The van der Waals surface area contributed by atoms with Crippen LogP contribution in [0.2, 0.25) is 0 Å². The molecule has 2 aromatic carbocycles. The number of nitrogens with two attached hydrogens (primary N) is 1. The predicted octanol–water partition coefficient (Wildman–Crippen LogP) is 4.04. The lowest BCUT2D eigenvalue weighted by Crippen LogP contribution is -2.27. The molecule has 3 amide bonds. The van der Waals surface area contributed by atoms with Crippen LogP contribution in [-0.4, -0.2) is 16.9 Å². The Morgan fingerprint density at radius 3 is 2.25 bits per heavy atom. The summed E-state index contributed by atoms with van der Waals surface area (Å²) in [6.07, 6.45) is 0. The Hall–Kier alpha value is -3.67. The van der Waals surface area contributed by atoms with Crippen molar-refractivity contribution in [2.45, 2.75) is 19.9 Å². The van der Waals surface area contributed by atoms with E-state index in [1.165, 1.54) is 0 Å². The van der Waals surface area contributed by atoms with Gasteiger partial charge in [-0.15, -0.1) is 0 Å². The summed E-state index contributed by atoms with van der Waals surface area (Å²) in [5.41, 5.74) is 9.67. The Kier molecular flexibility index (Phi) is 5.69. The van der Waals surface area contributed by atoms with E-state index in [0.29, 0.717) is 16.9 Å². The summed E-state index contributed by atoms with van der Waals surface area (Å²) in [6, 6.07) is 19.8. The topological polar surface area (TPSA) is 97.1 Å². The Bertz CT molecular complexity index is 985. The number of hydrogen-bond acceptors (Lipinski definition) is 3. The lowest BCUT2D eigenvalue weighted by molar-refractivity contribution is 0.0939. The van der Waals surface area contributed by atoms with E-state index in [9.17, 15) is 9.59 Å². The van der Waals surface area contributed by atoms with Crippen molar-refractivity contribution in [3.05, 3.63) is 83.6 Å². The summed E-state index contributed by atoms with van der Waals surface area (Å²) in [6.45, 7) is 3.73. The number of urea groups is 1. The van der Waals surface area contributed by atoms with Crippen molar-refractivity contribution in [1.29, 1.82) is 0 Å². The molecule has 6 heteroatoms. The van der Waals surface area contributed by atoms with Gasteiger partial charge in [0, 0.05) is 11.3 Å². The normalized spacial score (nSPS) is 11.5. The molecule has 0 aliphatic carbocycles. The zero-order chi connectivity index (χ0) is 20.1. The number of aryl methyl sites for hydroxylation is 1. The minimum atomic E-state index is -0.615. The number of rotatable bonds is 5. The van der Waals surface area contributed by atoms with Gasteiger partial charge in [-0.3, -0.25) is 9.78 Å². The molecule has 0 spiro atoms. The van der Waals surface area contributed by atoms with Gasteiger partial charge in [0.15, 0.2) is 0 Å². The van der Waals surface area contributed by atoms with Gasteiger partial charge in [0.1, 0.15) is 0 Å².